The third-order valence-corrected chi connectivity index (χ3v) is 4.72. The molecule has 3 heterocycles. The first-order valence-corrected chi connectivity index (χ1v) is 8.46. The van der Waals surface area contributed by atoms with Gasteiger partial charge in [-0.2, -0.15) is 0 Å². The largest absolute Gasteiger partial charge is 0.370 e. The van der Waals surface area contributed by atoms with Crippen molar-refractivity contribution in [3.63, 3.8) is 0 Å². The molecule has 3 rings (SSSR count). The van der Waals surface area contributed by atoms with Crippen LogP contribution in [0.15, 0.2) is 18.5 Å². The van der Waals surface area contributed by atoms with Gasteiger partial charge in [-0.25, -0.2) is 0 Å². The summed E-state index contributed by atoms with van der Waals surface area (Å²) in [6, 6.07) is 1.96. The molecule has 0 bridgehead atoms. The molecule has 0 radical (unpaired) electrons. The number of piperidine rings is 1. The molecule has 2 amide bonds. The molecule has 124 valence electrons. The highest BCUT2D eigenvalue weighted by atomic mass is 16.2. The van der Waals surface area contributed by atoms with Crippen LogP contribution in [0.4, 0.5) is 11.4 Å². The van der Waals surface area contributed by atoms with Crippen LogP contribution in [0.3, 0.4) is 0 Å². The minimum atomic E-state index is -0.267. The van der Waals surface area contributed by atoms with Gasteiger partial charge in [0, 0.05) is 38.8 Å². The predicted octanol–water partition coefficient (Wildman–Crippen LogP) is 1.88. The van der Waals surface area contributed by atoms with Crippen LogP contribution in [0.2, 0.25) is 0 Å². The lowest BCUT2D eigenvalue weighted by atomic mass is 10.1. The summed E-state index contributed by atoms with van der Waals surface area (Å²) in [7, 11) is 0. The van der Waals surface area contributed by atoms with Crippen LogP contribution >= 0.6 is 0 Å². The molecule has 0 spiro atoms. The van der Waals surface area contributed by atoms with E-state index in [0.717, 1.165) is 24.5 Å². The van der Waals surface area contributed by atoms with Gasteiger partial charge in [0.25, 0.3) is 0 Å². The summed E-state index contributed by atoms with van der Waals surface area (Å²) in [5.74, 6) is -0.285. The molecule has 6 nitrogen and oxygen atoms in total. The molecule has 0 unspecified atom stereocenters. The highest BCUT2D eigenvalue weighted by molar-refractivity contribution is 5.99. The number of aromatic nitrogens is 1. The highest BCUT2D eigenvalue weighted by Gasteiger charge is 2.33. The number of nitrogens with one attached hydrogen (secondary N) is 1. The second kappa shape index (κ2) is 6.98. The van der Waals surface area contributed by atoms with E-state index >= 15 is 0 Å². The number of carbonyl (C=O) groups is 2. The fourth-order valence-electron chi connectivity index (χ4n) is 3.38. The number of hydrogen-bond acceptors (Lipinski definition) is 4. The maximum absolute atomic E-state index is 12.5. The van der Waals surface area contributed by atoms with Crippen molar-refractivity contribution in [1.82, 2.24) is 9.88 Å². The summed E-state index contributed by atoms with van der Waals surface area (Å²) in [6.07, 6.45) is 7.39. The summed E-state index contributed by atoms with van der Waals surface area (Å²) in [6.45, 7) is 5.14. The van der Waals surface area contributed by atoms with Crippen LogP contribution in [0.25, 0.3) is 0 Å². The zero-order valence-electron chi connectivity index (χ0n) is 13.6. The molecule has 1 N–H and O–H groups in total. The van der Waals surface area contributed by atoms with Gasteiger partial charge in [-0.1, -0.05) is 0 Å². The Hall–Kier alpha value is -2.11. The van der Waals surface area contributed by atoms with E-state index in [0.29, 0.717) is 19.5 Å². The lowest BCUT2D eigenvalue weighted by Gasteiger charge is -2.30. The zero-order valence-corrected chi connectivity index (χ0v) is 13.6. The minimum Gasteiger partial charge on any atom is -0.370 e. The molecule has 1 aromatic rings. The maximum Gasteiger partial charge on any atom is 0.229 e. The van der Waals surface area contributed by atoms with Crippen molar-refractivity contribution in [3.05, 3.63) is 18.5 Å². The number of hydrogen-bond donors (Lipinski definition) is 1. The van der Waals surface area contributed by atoms with Crippen LogP contribution in [0, 0.1) is 5.92 Å². The summed E-state index contributed by atoms with van der Waals surface area (Å²) < 4.78 is 0. The predicted molar refractivity (Wildman–Crippen MR) is 89.3 cm³/mol. The molecule has 23 heavy (non-hydrogen) atoms. The van der Waals surface area contributed by atoms with Gasteiger partial charge in [0.2, 0.25) is 11.8 Å². The van der Waals surface area contributed by atoms with E-state index in [4.69, 9.17) is 0 Å². The zero-order chi connectivity index (χ0) is 16.2. The van der Waals surface area contributed by atoms with Gasteiger partial charge in [-0.15, -0.1) is 0 Å². The highest BCUT2D eigenvalue weighted by Crippen LogP contribution is 2.28. The Morgan fingerprint density at radius 1 is 1.35 bits per heavy atom. The average molecular weight is 316 g/mol. The van der Waals surface area contributed by atoms with E-state index in [1.54, 1.807) is 17.3 Å². The normalized spacial score (nSPS) is 21.6. The van der Waals surface area contributed by atoms with Crippen molar-refractivity contribution in [2.75, 3.05) is 36.4 Å². The van der Waals surface area contributed by atoms with Gasteiger partial charge in [0.05, 0.1) is 23.5 Å². The van der Waals surface area contributed by atoms with Crippen molar-refractivity contribution in [1.29, 1.82) is 0 Å². The van der Waals surface area contributed by atoms with Crippen LogP contribution in [-0.2, 0) is 9.59 Å². The average Bonchev–Trinajstić information content (AvgIpc) is 2.97. The first-order chi connectivity index (χ1) is 11.2. The van der Waals surface area contributed by atoms with Gasteiger partial charge in [-0.05, 0) is 32.3 Å². The second-order valence-corrected chi connectivity index (χ2v) is 6.26. The van der Waals surface area contributed by atoms with Gasteiger partial charge < -0.3 is 15.1 Å². The summed E-state index contributed by atoms with van der Waals surface area (Å²) >= 11 is 0. The number of anilines is 2. The number of amides is 2. The number of nitrogens with zero attached hydrogens (tertiary/aromatic N) is 3. The van der Waals surface area contributed by atoms with Crippen molar-refractivity contribution >= 4 is 23.2 Å². The first kappa shape index (κ1) is 15.8. The van der Waals surface area contributed by atoms with Gasteiger partial charge >= 0.3 is 0 Å². The summed E-state index contributed by atoms with van der Waals surface area (Å²) in [5.41, 5.74) is 1.78. The second-order valence-electron chi connectivity index (χ2n) is 6.26. The van der Waals surface area contributed by atoms with Crippen molar-refractivity contribution in [2.24, 2.45) is 5.92 Å². The topological polar surface area (TPSA) is 65.5 Å². The molecule has 0 aromatic carbocycles. The molecule has 1 aromatic heterocycles. The van der Waals surface area contributed by atoms with Crippen molar-refractivity contribution in [3.8, 4) is 0 Å². The molecule has 6 heteroatoms. The molecule has 2 aliphatic rings. The van der Waals surface area contributed by atoms with Crippen LogP contribution < -0.4 is 10.2 Å². The van der Waals surface area contributed by atoms with E-state index in [9.17, 15) is 9.59 Å². The van der Waals surface area contributed by atoms with Gasteiger partial charge in [0.15, 0.2) is 0 Å². The van der Waals surface area contributed by atoms with E-state index in [2.05, 4.69) is 15.2 Å². The Morgan fingerprint density at radius 3 is 2.83 bits per heavy atom. The molecular formula is C17H24N4O2. The Kier molecular flexibility index (Phi) is 4.79. The third kappa shape index (κ3) is 3.46. The number of rotatable bonds is 4. The van der Waals surface area contributed by atoms with Crippen LogP contribution in [-0.4, -0.2) is 47.9 Å². The molecule has 1 atom stereocenters. The number of pyridine rings is 1. The fourth-order valence-corrected chi connectivity index (χ4v) is 3.38. The van der Waals surface area contributed by atoms with Gasteiger partial charge in [-0.3, -0.25) is 14.6 Å². The van der Waals surface area contributed by atoms with Gasteiger partial charge in [0.1, 0.15) is 0 Å². The van der Waals surface area contributed by atoms with Crippen LogP contribution in [0.1, 0.15) is 32.6 Å². The lowest BCUT2D eigenvalue weighted by Crippen LogP contribution is -2.32. The van der Waals surface area contributed by atoms with E-state index in [1.165, 1.54) is 19.3 Å². The standard InChI is InChI=1S/C17H24N4O2/c1-2-20-12-13(10-16(20)22)17(23)19-14-11-18-7-6-15(14)21-8-4-3-5-9-21/h6-7,11,13H,2-5,8-10,12H2,1H3,(H,19,23)/t13-/m0/s1. The molecule has 2 aliphatic heterocycles. The Balaban J connectivity index is 1.70. The number of carbonyl (C=O) groups excluding carboxylic acids is 2. The van der Waals surface area contributed by atoms with E-state index in [1.807, 2.05) is 13.0 Å². The minimum absolute atomic E-state index is 0.0649. The third-order valence-electron chi connectivity index (χ3n) is 4.72. The van der Waals surface area contributed by atoms with Crippen molar-refractivity contribution in [2.45, 2.75) is 32.6 Å². The van der Waals surface area contributed by atoms with Crippen LogP contribution in [0.5, 0.6) is 0 Å². The molecular weight excluding hydrogens is 292 g/mol. The molecule has 2 fully saturated rings. The lowest BCUT2D eigenvalue weighted by molar-refractivity contribution is -0.128. The quantitative estimate of drug-likeness (QED) is 0.921. The summed E-state index contributed by atoms with van der Waals surface area (Å²) in [4.78, 5) is 32.5. The molecule has 0 aliphatic carbocycles. The monoisotopic (exact) mass is 316 g/mol. The Bertz CT molecular complexity index is 584. The SMILES string of the molecule is CCN1C[C@@H](C(=O)Nc2cnccc2N2CCCCC2)CC1=O. The smallest absolute Gasteiger partial charge is 0.229 e. The van der Waals surface area contributed by atoms with Crippen molar-refractivity contribution < 1.29 is 9.59 Å². The maximum atomic E-state index is 12.5. The molecule has 2 saturated heterocycles. The number of likely N-dealkylation sites (tertiary alicyclic amines) is 1. The van der Waals surface area contributed by atoms with E-state index < -0.39 is 0 Å². The fraction of sp³-hybridized carbons (Fsp3) is 0.588. The Labute approximate surface area is 136 Å². The Morgan fingerprint density at radius 2 is 2.13 bits per heavy atom. The first-order valence-electron chi connectivity index (χ1n) is 8.46. The molecule has 0 saturated carbocycles. The summed E-state index contributed by atoms with van der Waals surface area (Å²) in [5, 5.41) is 2.99. The van der Waals surface area contributed by atoms with E-state index in [-0.39, 0.29) is 17.7 Å².